The fourth-order valence-electron chi connectivity index (χ4n) is 1.25. The highest BCUT2D eigenvalue weighted by molar-refractivity contribution is 14.1. The molecule has 0 radical (unpaired) electrons. The molecule has 0 atom stereocenters. The van der Waals surface area contributed by atoms with Crippen LogP contribution in [-0.4, -0.2) is 0 Å². The van der Waals surface area contributed by atoms with E-state index < -0.39 is 0 Å². The van der Waals surface area contributed by atoms with Crippen molar-refractivity contribution in [2.24, 2.45) is 5.92 Å². The second-order valence-corrected chi connectivity index (χ2v) is 3.08. The number of hydrogen-bond acceptors (Lipinski definition) is 0. The van der Waals surface area contributed by atoms with Gasteiger partial charge in [0.15, 0.2) is 0 Å². The quantitative estimate of drug-likeness (QED) is 0.598. The highest BCUT2D eigenvalue weighted by atomic mass is 127. The predicted octanol–water partition coefficient (Wildman–Crippen LogP) is 3.13. The van der Waals surface area contributed by atoms with Crippen LogP contribution in [0.1, 0.15) is 25.7 Å². The van der Waals surface area contributed by atoms with Crippen molar-refractivity contribution in [3.8, 4) is 0 Å². The van der Waals surface area contributed by atoms with Crippen molar-refractivity contribution in [1.29, 1.82) is 0 Å². The Hall–Kier alpha value is 0.470. The first-order chi connectivity index (χ1) is 3.93. The third-order valence-corrected chi connectivity index (χ3v) is 2.16. The van der Waals surface area contributed by atoms with Crippen LogP contribution < -0.4 is 0 Å². The molecule has 0 N–H and O–H groups in total. The summed E-state index contributed by atoms with van der Waals surface area (Å²) in [6.45, 7) is 0. The molecule has 0 saturated heterocycles. The molecule has 0 aromatic heterocycles. The zero-order valence-corrected chi connectivity index (χ0v) is 7.10. The maximum Gasteiger partial charge on any atom is -0.0226 e. The fourth-order valence-corrected chi connectivity index (χ4v) is 1.84. The number of allylic oxidation sites excluding steroid dienone is 1. The molecule has 0 spiro atoms. The molecule has 0 nitrogen and oxygen atoms in total. The summed E-state index contributed by atoms with van der Waals surface area (Å²) in [5.41, 5.74) is 0. The lowest BCUT2D eigenvalue weighted by atomic mass is 10.1. The van der Waals surface area contributed by atoms with Crippen molar-refractivity contribution in [2.75, 3.05) is 0 Å². The largest absolute Gasteiger partial charge is 0.0753 e. The van der Waals surface area contributed by atoms with Crippen LogP contribution in [0.5, 0.6) is 0 Å². The van der Waals surface area contributed by atoms with Crippen molar-refractivity contribution in [2.45, 2.75) is 25.7 Å². The highest BCUT2D eigenvalue weighted by Crippen LogP contribution is 2.25. The van der Waals surface area contributed by atoms with Crippen molar-refractivity contribution < 1.29 is 0 Å². The average molecular weight is 222 g/mol. The Morgan fingerprint density at radius 3 is 2.38 bits per heavy atom. The van der Waals surface area contributed by atoms with Crippen molar-refractivity contribution in [1.82, 2.24) is 0 Å². The Balaban J connectivity index is 2.24. The summed E-state index contributed by atoms with van der Waals surface area (Å²) in [5.74, 6) is 0.923. The van der Waals surface area contributed by atoms with Crippen molar-refractivity contribution in [3.05, 3.63) is 10.2 Å². The Morgan fingerprint density at radius 1 is 1.25 bits per heavy atom. The first-order valence-corrected chi connectivity index (χ1v) is 4.45. The van der Waals surface area contributed by atoms with Gasteiger partial charge in [-0.25, -0.2) is 0 Å². The Morgan fingerprint density at radius 2 is 1.88 bits per heavy atom. The van der Waals surface area contributed by atoms with E-state index in [2.05, 4.69) is 32.7 Å². The molecule has 0 unspecified atom stereocenters. The molecule has 0 aromatic carbocycles. The minimum absolute atomic E-state index is 0.923. The second kappa shape index (κ2) is 3.49. The summed E-state index contributed by atoms with van der Waals surface area (Å²) < 4.78 is 2.15. The van der Waals surface area contributed by atoms with Gasteiger partial charge < -0.3 is 0 Å². The van der Waals surface area contributed by atoms with Crippen molar-refractivity contribution >= 4 is 22.6 Å². The number of hydrogen-bond donors (Lipinski definition) is 0. The van der Waals surface area contributed by atoms with Crippen molar-refractivity contribution in [3.63, 3.8) is 0 Å². The maximum absolute atomic E-state index is 2.33. The molecular weight excluding hydrogens is 211 g/mol. The normalized spacial score (nSPS) is 23.1. The molecule has 0 heterocycles. The van der Waals surface area contributed by atoms with Gasteiger partial charge in [-0.2, -0.15) is 0 Å². The van der Waals surface area contributed by atoms with Gasteiger partial charge in [-0.05, 0) is 22.8 Å². The van der Waals surface area contributed by atoms with E-state index >= 15 is 0 Å². The van der Waals surface area contributed by atoms with E-state index in [0.717, 1.165) is 5.92 Å². The molecule has 1 aliphatic carbocycles. The number of halogens is 1. The van der Waals surface area contributed by atoms with Crippen LogP contribution in [0.4, 0.5) is 0 Å². The van der Waals surface area contributed by atoms with Gasteiger partial charge in [0.05, 0.1) is 0 Å². The smallest absolute Gasteiger partial charge is 0.0226 e. The molecular formula is C7H11I. The van der Waals surface area contributed by atoms with Gasteiger partial charge in [0.25, 0.3) is 0 Å². The van der Waals surface area contributed by atoms with E-state index in [-0.39, 0.29) is 0 Å². The zero-order valence-electron chi connectivity index (χ0n) is 4.94. The highest BCUT2D eigenvalue weighted by Gasteiger charge is 2.10. The molecule has 0 amide bonds. The molecule has 1 rings (SSSR count). The maximum atomic E-state index is 2.33. The van der Waals surface area contributed by atoms with Crippen LogP contribution in [0.15, 0.2) is 10.2 Å². The monoisotopic (exact) mass is 222 g/mol. The van der Waals surface area contributed by atoms with Gasteiger partial charge in [-0.3, -0.25) is 0 Å². The third kappa shape index (κ3) is 1.77. The molecule has 1 heteroatoms. The van der Waals surface area contributed by atoms with Gasteiger partial charge in [0, 0.05) is 0 Å². The van der Waals surface area contributed by atoms with Crippen LogP contribution in [0.2, 0.25) is 0 Å². The van der Waals surface area contributed by atoms with Gasteiger partial charge in [0.1, 0.15) is 0 Å². The first kappa shape index (κ1) is 6.59. The third-order valence-electron chi connectivity index (χ3n) is 1.74. The summed E-state index contributed by atoms with van der Waals surface area (Å²) in [5, 5.41) is 0. The van der Waals surface area contributed by atoms with E-state index in [9.17, 15) is 0 Å². The lowest BCUT2D eigenvalue weighted by Gasteiger charge is -1.96. The van der Waals surface area contributed by atoms with E-state index in [0.29, 0.717) is 0 Å². The molecule has 1 saturated carbocycles. The molecule has 0 aliphatic heterocycles. The van der Waals surface area contributed by atoms with Gasteiger partial charge in [0.2, 0.25) is 0 Å². The van der Waals surface area contributed by atoms with Crippen LogP contribution >= 0.6 is 22.6 Å². The standard InChI is InChI=1S/C7H11I/c8-6-5-7-3-1-2-4-7/h5-7H,1-4H2/b6-5+. The van der Waals surface area contributed by atoms with Crippen LogP contribution in [-0.2, 0) is 0 Å². The first-order valence-electron chi connectivity index (χ1n) is 3.20. The van der Waals surface area contributed by atoms with Gasteiger partial charge in [-0.1, -0.05) is 41.5 Å². The predicted molar refractivity (Wildman–Crippen MR) is 45.1 cm³/mol. The topological polar surface area (TPSA) is 0 Å². The van der Waals surface area contributed by atoms with Crippen LogP contribution in [0, 0.1) is 5.92 Å². The lowest BCUT2D eigenvalue weighted by Crippen LogP contribution is -1.82. The Labute approximate surface area is 64.5 Å². The molecule has 8 heavy (non-hydrogen) atoms. The summed E-state index contributed by atoms with van der Waals surface area (Å²) in [6.07, 6.45) is 8.09. The SMILES string of the molecule is I/C=C/C1CCCC1. The Kier molecular flexibility index (Phi) is 2.87. The van der Waals surface area contributed by atoms with E-state index in [4.69, 9.17) is 0 Å². The molecule has 46 valence electrons. The summed E-state index contributed by atoms with van der Waals surface area (Å²) in [7, 11) is 0. The lowest BCUT2D eigenvalue weighted by molar-refractivity contribution is 0.687. The summed E-state index contributed by atoms with van der Waals surface area (Å²) in [4.78, 5) is 0. The molecule has 1 aliphatic rings. The Bertz CT molecular complexity index is 80.4. The van der Waals surface area contributed by atoms with E-state index in [1.165, 1.54) is 25.7 Å². The molecule has 0 aromatic rings. The fraction of sp³-hybridized carbons (Fsp3) is 0.714. The minimum atomic E-state index is 0.923. The van der Waals surface area contributed by atoms with Gasteiger partial charge >= 0.3 is 0 Å². The minimum Gasteiger partial charge on any atom is -0.0753 e. The summed E-state index contributed by atoms with van der Waals surface area (Å²) in [6, 6.07) is 0. The van der Waals surface area contributed by atoms with Gasteiger partial charge in [-0.15, -0.1) is 0 Å². The second-order valence-electron chi connectivity index (χ2n) is 2.36. The summed E-state index contributed by atoms with van der Waals surface area (Å²) >= 11 is 2.30. The average Bonchev–Trinajstić information content (AvgIpc) is 2.19. The molecule has 0 bridgehead atoms. The van der Waals surface area contributed by atoms with Crippen LogP contribution in [0.3, 0.4) is 0 Å². The van der Waals surface area contributed by atoms with E-state index in [1.54, 1.807) is 0 Å². The zero-order chi connectivity index (χ0) is 5.82. The number of rotatable bonds is 1. The van der Waals surface area contributed by atoms with E-state index in [1.807, 2.05) is 0 Å². The van der Waals surface area contributed by atoms with Crippen LogP contribution in [0.25, 0.3) is 0 Å². The molecule has 1 fully saturated rings.